The molecule has 0 saturated carbocycles. The van der Waals surface area contributed by atoms with Crippen molar-refractivity contribution >= 4 is 11.6 Å². The molecule has 0 fully saturated rings. The summed E-state index contributed by atoms with van der Waals surface area (Å²) in [7, 11) is 0. The molecule has 0 aliphatic rings. The third-order valence-electron chi connectivity index (χ3n) is 3.12. The first-order valence-electron chi connectivity index (χ1n) is 6.77. The number of aryl methyl sites for hydroxylation is 1. The topological polar surface area (TPSA) is 89.0 Å². The Morgan fingerprint density at radius 1 is 1.35 bits per heavy atom. The molecule has 2 aromatic rings. The molecule has 0 aliphatic heterocycles. The Balaban J connectivity index is 2.15. The van der Waals surface area contributed by atoms with Crippen molar-refractivity contribution in [1.29, 1.82) is 0 Å². The average molecular weight is 275 g/mol. The lowest BCUT2D eigenvalue weighted by Gasteiger charge is -2.17. The molecule has 6 nitrogen and oxygen atoms in total. The predicted octanol–water partition coefficient (Wildman–Crippen LogP) is 2.27. The Kier molecular flexibility index (Phi) is 4.57. The maximum absolute atomic E-state index is 5.50. The minimum atomic E-state index is 0.199. The lowest BCUT2D eigenvalue weighted by atomic mass is 10.2. The summed E-state index contributed by atoms with van der Waals surface area (Å²) in [6, 6.07) is 4.06. The van der Waals surface area contributed by atoms with Gasteiger partial charge >= 0.3 is 0 Å². The number of nitrogens with zero attached hydrogens (tertiary/aromatic N) is 2. The van der Waals surface area contributed by atoms with Crippen molar-refractivity contribution in [3.8, 4) is 0 Å². The maximum atomic E-state index is 5.50. The summed E-state index contributed by atoms with van der Waals surface area (Å²) in [6.07, 6.45) is 3.24. The zero-order chi connectivity index (χ0) is 14.5. The van der Waals surface area contributed by atoms with Crippen LogP contribution in [0.1, 0.15) is 31.0 Å². The number of rotatable bonds is 6. The molecule has 2 heterocycles. The second-order valence-corrected chi connectivity index (χ2v) is 4.79. The molecule has 0 radical (unpaired) electrons. The molecule has 1 atom stereocenters. The quantitative estimate of drug-likeness (QED) is 0.553. The summed E-state index contributed by atoms with van der Waals surface area (Å²) < 4.78 is 5.36. The van der Waals surface area contributed by atoms with Gasteiger partial charge in [-0.1, -0.05) is 6.92 Å². The molecule has 0 aliphatic carbocycles. The second-order valence-electron chi connectivity index (χ2n) is 4.79. The first kappa shape index (κ1) is 14.3. The van der Waals surface area contributed by atoms with Crippen molar-refractivity contribution in [1.82, 2.24) is 9.97 Å². The molecule has 4 N–H and O–H groups in total. The fourth-order valence-corrected chi connectivity index (χ4v) is 2.02. The molecule has 0 amide bonds. The number of furan rings is 1. The van der Waals surface area contributed by atoms with E-state index in [1.54, 1.807) is 6.26 Å². The lowest BCUT2D eigenvalue weighted by molar-refractivity contribution is 0.497. The van der Waals surface area contributed by atoms with Gasteiger partial charge in [-0.05, 0) is 26.0 Å². The van der Waals surface area contributed by atoms with Gasteiger partial charge in [0.25, 0.3) is 0 Å². The molecule has 2 rings (SSSR count). The molecule has 0 bridgehead atoms. The Morgan fingerprint density at radius 3 is 2.70 bits per heavy atom. The molecular weight excluding hydrogens is 254 g/mol. The first-order chi connectivity index (χ1) is 9.63. The second kappa shape index (κ2) is 6.38. The van der Waals surface area contributed by atoms with Crippen LogP contribution in [0.25, 0.3) is 0 Å². The van der Waals surface area contributed by atoms with E-state index in [0.717, 1.165) is 35.8 Å². The average Bonchev–Trinajstić information content (AvgIpc) is 2.93. The Morgan fingerprint density at radius 2 is 2.10 bits per heavy atom. The van der Waals surface area contributed by atoms with Crippen molar-refractivity contribution in [2.45, 2.75) is 39.7 Å². The number of nitrogen functional groups attached to an aromatic ring is 1. The van der Waals surface area contributed by atoms with Crippen LogP contribution in [0, 0.1) is 6.92 Å². The number of hydrazine groups is 1. The van der Waals surface area contributed by atoms with Gasteiger partial charge < -0.3 is 15.2 Å². The highest BCUT2D eigenvalue weighted by Crippen LogP contribution is 2.20. The third kappa shape index (κ3) is 3.27. The van der Waals surface area contributed by atoms with Crippen LogP contribution in [0.5, 0.6) is 0 Å². The smallest absolute Gasteiger partial charge is 0.148 e. The summed E-state index contributed by atoms with van der Waals surface area (Å²) in [5.74, 6) is 8.68. The minimum absolute atomic E-state index is 0.199. The zero-order valence-corrected chi connectivity index (χ0v) is 12.1. The summed E-state index contributed by atoms with van der Waals surface area (Å²) in [4.78, 5) is 8.87. The van der Waals surface area contributed by atoms with E-state index in [1.807, 2.05) is 26.0 Å². The molecule has 0 saturated heterocycles. The number of nitrogens with one attached hydrogen (secondary N) is 2. The van der Waals surface area contributed by atoms with Crippen molar-refractivity contribution < 1.29 is 4.42 Å². The summed E-state index contributed by atoms with van der Waals surface area (Å²) >= 11 is 0. The molecule has 6 heteroatoms. The van der Waals surface area contributed by atoms with Gasteiger partial charge in [0.1, 0.15) is 23.2 Å². The minimum Gasteiger partial charge on any atom is -0.469 e. The number of nitrogens with two attached hydrogens (primary N) is 1. The van der Waals surface area contributed by atoms with Crippen LogP contribution in [-0.2, 0) is 12.8 Å². The highest BCUT2D eigenvalue weighted by molar-refractivity contribution is 5.57. The fraction of sp³-hybridized carbons (Fsp3) is 0.429. The van der Waals surface area contributed by atoms with E-state index < -0.39 is 0 Å². The van der Waals surface area contributed by atoms with E-state index in [9.17, 15) is 0 Å². The van der Waals surface area contributed by atoms with E-state index in [-0.39, 0.29) is 6.04 Å². The van der Waals surface area contributed by atoms with Gasteiger partial charge in [0.2, 0.25) is 0 Å². The Bertz CT molecular complexity index is 553. The van der Waals surface area contributed by atoms with Gasteiger partial charge in [-0.25, -0.2) is 15.8 Å². The maximum Gasteiger partial charge on any atom is 0.148 e. The molecule has 0 aromatic carbocycles. The standard InChI is InChI=1S/C14H21N5O/c1-4-12-17-13(10(3)14(18-12)19-15)16-9(2)8-11-6-5-7-20-11/h5-7,9H,4,8,15H2,1-3H3,(H2,16,17,18,19). The first-order valence-corrected chi connectivity index (χ1v) is 6.77. The fourth-order valence-electron chi connectivity index (χ4n) is 2.02. The lowest BCUT2D eigenvalue weighted by Crippen LogP contribution is -2.21. The largest absolute Gasteiger partial charge is 0.469 e. The van der Waals surface area contributed by atoms with Gasteiger partial charge in [0.05, 0.1) is 6.26 Å². The van der Waals surface area contributed by atoms with E-state index in [4.69, 9.17) is 10.3 Å². The molecule has 108 valence electrons. The van der Waals surface area contributed by atoms with E-state index in [0.29, 0.717) is 5.82 Å². The van der Waals surface area contributed by atoms with Gasteiger partial charge in [0, 0.05) is 24.4 Å². The van der Waals surface area contributed by atoms with Crippen LogP contribution in [0.2, 0.25) is 0 Å². The molecular formula is C14H21N5O. The van der Waals surface area contributed by atoms with Gasteiger partial charge in [-0.15, -0.1) is 0 Å². The molecule has 20 heavy (non-hydrogen) atoms. The Labute approximate surface area is 118 Å². The van der Waals surface area contributed by atoms with Crippen LogP contribution >= 0.6 is 0 Å². The normalized spacial score (nSPS) is 12.2. The SMILES string of the molecule is CCc1nc(NN)c(C)c(NC(C)Cc2ccco2)n1. The van der Waals surface area contributed by atoms with Crippen LogP contribution in [0.4, 0.5) is 11.6 Å². The van der Waals surface area contributed by atoms with Crippen molar-refractivity contribution in [3.63, 3.8) is 0 Å². The van der Waals surface area contributed by atoms with Gasteiger partial charge in [-0.3, -0.25) is 0 Å². The highest BCUT2D eigenvalue weighted by atomic mass is 16.3. The summed E-state index contributed by atoms with van der Waals surface area (Å²) in [5.41, 5.74) is 3.53. The van der Waals surface area contributed by atoms with E-state index in [1.165, 1.54) is 0 Å². The van der Waals surface area contributed by atoms with Crippen LogP contribution < -0.4 is 16.6 Å². The van der Waals surface area contributed by atoms with E-state index >= 15 is 0 Å². The molecule has 0 spiro atoms. The van der Waals surface area contributed by atoms with Gasteiger partial charge in [0.15, 0.2) is 0 Å². The van der Waals surface area contributed by atoms with Gasteiger partial charge in [-0.2, -0.15) is 0 Å². The van der Waals surface area contributed by atoms with Crippen LogP contribution in [0.3, 0.4) is 0 Å². The number of hydrogen-bond acceptors (Lipinski definition) is 6. The molecule has 1 unspecified atom stereocenters. The highest BCUT2D eigenvalue weighted by Gasteiger charge is 2.12. The van der Waals surface area contributed by atoms with Crippen LogP contribution in [0.15, 0.2) is 22.8 Å². The zero-order valence-electron chi connectivity index (χ0n) is 12.1. The number of hydrogen-bond donors (Lipinski definition) is 3. The predicted molar refractivity (Wildman–Crippen MR) is 79.5 cm³/mol. The number of aromatic nitrogens is 2. The van der Waals surface area contributed by atoms with Crippen molar-refractivity contribution in [2.24, 2.45) is 5.84 Å². The van der Waals surface area contributed by atoms with E-state index in [2.05, 4.69) is 27.6 Å². The summed E-state index contributed by atoms with van der Waals surface area (Å²) in [6.45, 7) is 6.04. The van der Waals surface area contributed by atoms with Crippen LogP contribution in [-0.4, -0.2) is 16.0 Å². The summed E-state index contributed by atoms with van der Waals surface area (Å²) in [5, 5.41) is 3.39. The third-order valence-corrected chi connectivity index (χ3v) is 3.12. The molecule has 2 aromatic heterocycles. The number of anilines is 2. The van der Waals surface area contributed by atoms with Crippen molar-refractivity contribution in [2.75, 3.05) is 10.7 Å². The van der Waals surface area contributed by atoms with Crippen molar-refractivity contribution in [3.05, 3.63) is 35.5 Å². The monoisotopic (exact) mass is 275 g/mol. The Hall–Kier alpha value is -2.08.